The minimum Gasteiger partial charge on any atom is -0.466 e. The molecule has 1 rings (SSSR count). The van der Waals surface area contributed by atoms with Crippen LogP contribution in [0.1, 0.15) is 60.3 Å². The van der Waals surface area contributed by atoms with E-state index >= 15 is 0 Å². The summed E-state index contributed by atoms with van der Waals surface area (Å²) in [5.74, 6) is -0.0558. The Kier molecular flexibility index (Phi) is 4.82. The van der Waals surface area contributed by atoms with Crippen LogP contribution < -0.4 is 0 Å². The van der Waals surface area contributed by atoms with Gasteiger partial charge in [-0.1, -0.05) is 20.8 Å². The van der Waals surface area contributed by atoms with Gasteiger partial charge in [0.15, 0.2) is 0 Å². The maximum absolute atomic E-state index is 11.7. The molecule has 0 aromatic rings. The van der Waals surface area contributed by atoms with Gasteiger partial charge < -0.3 is 9.84 Å². The van der Waals surface area contributed by atoms with Crippen LogP contribution in [0.4, 0.5) is 0 Å². The van der Waals surface area contributed by atoms with Crippen molar-refractivity contribution < 1.29 is 14.6 Å². The molecule has 1 aliphatic rings. The fraction of sp³-hybridized carbons (Fsp3) is 0.933. The van der Waals surface area contributed by atoms with Crippen LogP contribution in [0.15, 0.2) is 0 Å². The highest BCUT2D eigenvalue weighted by molar-refractivity contribution is 5.73. The van der Waals surface area contributed by atoms with Crippen LogP contribution in [0, 0.1) is 17.3 Å². The number of rotatable bonds is 3. The van der Waals surface area contributed by atoms with Gasteiger partial charge in [0.05, 0.1) is 18.1 Å². The third-order valence-corrected chi connectivity index (χ3v) is 4.52. The Bertz CT molecular complexity index is 283. The van der Waals surface area contributed by atoms with Gasteiger partial charge in [0, 0.05) is 0 Å². The van der Waals surface area contributed by atoms with Gasteiger partial charge in [-0.3, -0.25) is 4.79 Å². The molecule has 1 atom stereocenters. The number of esters is 1. The first-order valence-corrected chi connectivity index (χ1v) is 7.09. The molecule has 0 amide bonds. The van der Waals surface area contributed by atoms with Crippen LogP contribution in [0.25, 0.3) is 0 Å². The Morgan fingerprint density at radius 1 is 1.39 bits per heavy atom. The van der Waals surface area contributed by atoms with Gasteiger partial charge in [-0.05, 0) is 50.9 Å². The van der Waals surface area contributed by atoms with Gasteiger partial charge in [-0.2, -0.15) is 0 Å². The second kappa shape index (κ2) is 5.60. The van der Waals surface area contributed by atoms with Crippen LogP contribution in [0.2, 0.25) is 0 Å². The lowest BCUT2D eigenvalue weighted by Crippen LogP contribution is -2.45. The molecular formula is C15H28O3. The average Bonchev–Trinajstić information content (AvgIpc) is 2.27. The fourth-order valence-corrected chi connectivity index (χ4v) is 2.90. The molecule has 0 bridgehead atoms. The first-order valence-electron chi connectivity index (χ1n) is 7.09. The van der Waals surface area contributed by atoms with Crippen molar-refractivity contribution in [2.24, 2.45) is 17.3 Å². The summed E-state index contributed by atoms with van der Waals surface area (Å²) < 4.78 is 5.02. The van der Waals surface area contributed by atoms with Crippen LogP contribution >= 0.6 is 0 Å². The molecule has 3 nitrogen and oxygen atoms in total. The summed E-state index contributed by atoms with van der Waals surface area (Å²) in [5.41, 5.74) is -0.581. The van der Waals surface area contributed by atoms with Crippen LogP contribution in [0.3, 0.4) is 0 Å². The standard InChI is InChI=1S/C15H28O3/c1-6-18-13(16)11(2)15(17)9-7-12(8-10-15)14(3,4)5/h11-12,17H,6-10H2,1-5H3. The molecule has 1 saturated carbocycles. The fourth-order valence-electron chi connectivity index (χ4n) is 2.90. The van der Waals surface area contributed by atoms with Crippen LogP contribution in [0.5, 0.6) is 0 Å². The van der Waals surface area contributed by atoms with E-state index < -0.39 is 11.5 Å². The van der Waals surface area contributed by atoms with Gasteiger partial charge in [-0.15, -0.1) is 0 Å². The van der Waals surface area contributed by atoms with Gasteiger partial charge in [0.1, 0.15) is 0 Å². The topological polar surface area (TPSA) is 46.5 Å². The highest BCUT2D eigenvalue weighted by atomic mass is 16.5. The zero-order valence-corrected chi connectivity index (χ0v) is 12.5. The maximum Gasteiger partial charge on any atom is 0.311 e. The van der Waals surface area contributed by atoms with E-state index in [0.29, 0.717) is 25.4 Å². The van der Waals surface area contributed by atoms with E-state index in [2.05, 4.69) is 20.8 Å². The third kappa shape index (κ3) is 3.47. The number of hydrogen-bond acceptors (Lipinski definition) is 3. The second-order valence-corrected chi connectivity index (χ2v) is 6.72. The van der Waals surface area contributed by atoms with Crippen molar-refractivity contribution in [1.29, 1.82) is 0 Å². The molecule has 1 fully saturated rings. The summed E-state index contributed by atoms with van der Waals surface area (Å²) in [5, 5.41) is 10.6. The van der Waals surface area contributed by atoms with E-state index in [4.69, 9.17) is 4.74 Å². The van der Waals surface area contributed by atoms with Crippen molar-refractivity contribution in [3.63, 3.8) is 0 Å². The molecule has 0 aromatic heterocycles. The molecule has 3 heteroatoms. The quantitative estimate of drug-likeness (QED) is 0.789. The molecule has 0 radical (unpaired) electrons. The average molecular weight is 256 g/mol. The van der Waals surface area contributed by atoms with Gasteiger partial charge in [0.25, 0.3) is 0 Å². The lowest BCUT2D eigenvalue weighted by Gasteiger charge is -2.43. The number of ether oxygens (including phenoxy) is 1. The zero-order valence-electron chi connectivity index (χ0n) is 12.5. The van der Waals surface area contributed by atoms with Gasteiger partial charge in [-0.25, -0.2) is 0 Å². The molecule has 0 aliphatic heterocycles. The second-order valence-electron chi connectivity index (χ2n) is 6.72. The van der Waals surface area contributed by atoms with Crippen molar-refractivity contribution in [2.75, 3.05) is 6.61 Å². The van der Waals surface area contributed by atoms with Crippen molar-refractivity contribution in [2.45, 2.75) is 65.9 Å². The summed E-state index contributed by atoms with van der Waals surface area (Å²) in [6.45, 7) is 10.7. The van der Waals surface area contributed by atoms with Crippen molar-refractivity contribution in [3.8, 4) is 0 Å². The van der Waals surface area contributed by atoms with Gasteiger partial charge >= 0.3 is 5.97 Å². The molecule has 106 valence electrons. The van der Waals surface area contributed by atoms with E-state index in [1.54, 1.807) is 13.8 Å². The Labute approximate surface area is 111 Å². The monoisotopic (exact) mass is 256 g/mol. The zero-order chi connectivity index (χ0) is 14.0. The van der Waals surface area contributed by atoms with Crippen LogP contribution in [-0.2, 0) is 9.53 Å². The Hall–Kier alpha value is -0.570. The maximum atomic E-state index is 11.7. The third-order valence-electron chi connectivity index (χ3n) is 4.52. The first-order chi connectivity index (χ1) is 8.20. The smallest absolute Gasteiger partial charge is 0.311 e. The Balaban J connectivity index is 2.61. The molecule has 0 saturated heterocycles. The lowest BCUT2D eigenvalue weighted by atomic mass is 9.65. The highest BCUT2D eigenvalue weighted by Gasteiger charge is 2.43. The SMILES string of the molecule is CCOC(=O)C(C)C1(O)CCC(C(C)(C)C)CC1. The predicted molar refractivity (Wildman–Crippen MR) is 72.2 cm³/mol. The van der Waals surface area contributed by atoms with Crippen molar-refractivity contribution in [3.05, 3.63) is 0 Å². The van der Waals surface area contributed by atoms with E-state index in [1.165, 1.54) is 0 Å². The molecular weight excluding hydrogens is 228 g/mol. The van der Waals surface area contributed by atoms with E-state index in [0.717, 1.165) is 12.8 Å². The largest absolute Gasteiger partial charge is 0.466 e. The van der Waals surface area contributed by atoms with E-state index in [1.807, 2.05) is 0 Å². The Morgan fingerprint density at radius 2 is 1.89 bits per heavy atom. The minimum atomic E-state index is -0.867. The molecule has 1 N–H and O–H groups in total. The number of aliphatic hydroxyl groups is 1. The summed E-state index contributed by atoms with van der Waals surface area (Å²) >= 11 is 0. The predicted octanol–water partition coefficient (Wildman–Crippen LogP) is 3.15. The summed E-state index contributed by atoms with van der Waals surface area (Å²) in [4.78, 5) is 11.7. The number of hydrogen-bond donors (Lipinski definition) is 1. The lowest BCUT2D eigenvalue weighted by molar-refractivity contribution is -0.161. The van der Waals surface area contributed by atoms with E-state index in [-0.39, 0.29) is 11.4 Å². The first kappa shape index (κ1) is 15.5. The normalized spacial score (nSPS) is 30.9. The summed E-state index contributed by atoms with van der Waals surface area (Å²) in [6.07, 6.45) is 3.39. The van der Waals surface area contributed by atoms with E-state index in [9.17, 15) is 9.90 Å². The molecule has 18 heavy (non-hydrogen) atoms. The Morgan fingerprint density at radius 3 is 2.28 bits per heavy atom. The van der Waals surface area contributed by atoms with Crippen LogP contribution in [-0.4, -0.2) is 23.3 Å². The van der Waals surface area contributed by atoms with Gasteiger partial charge in [0.2, 0.25) is 0 Å². The molecule has 0 spiro atoms. The molecule has 0 aromatic carbocycles. The van der Waals surface area contributed by atoms with Crippen molar-refractivity contribution in [1.82, 2.24) is 0 Å². The number of carbonyl (C=O) groups excluding carboxylic acids is 1. The minimum absolute atomic E-state index is 0.269. The highest BCUT2D eigenvalue weighted by Crippen LogP contribution is 2.44. The van der Waals surface area contributed by atoms with Crippen molar-refractivity contribution >= 4 is 5.97 Å². The molecule has 1 aliphatic carbocycles. The molecule has 1 unspecified atom stereocenters. The summed E-state index contributed by atoms with van der Waals surface area (Å²) in [6, 6.07) is 0. The molecule has 0 heterocycles. The summed E-state index contributed by atoms with van der Waals surface area (Å²) in [7, 11) is 0. The number of carbonyl (C=O) groups is 1.